The lowest BCUT2D eigenvalue weighted by molar-refractivity contribution is 0.267. The van der Waals surface area contributed by atoms with Crippen molar-refractivity contribution in [3.8, 4) is 0 Å². The van der Waals surface area contributed by atoms with Crippen molar-refractivity contribution >= 4 is 11.0 Å². The first-order chi connectivity index (χ1) is 10.1. The molecule has 0 saturated heterocycles. The standard InChI is InChI=1S/C14H16FN5O/c1-9-16-14(21-19-9)8-20(2)6-5-13-17-11-4-3-10(15)7-12(11)18-13/h3-4,7H,5-6,8H2,1-2H3,(H,17,18). The van der Waals surface area contributed by atoms with Gasteiger partial charge in [0.25, 0.3) is 0 Å². The molecule has 110 valence electrons. The minimum Gasteiger partial charge on any atom is -0.342 e. The largest absolute Gasteiger partial charge is 0.342 e. The van der Waals surface area contributed by atoms with Gasteiger partial charge in [-0.3, -0.25) is 4.90 Å². The van der Waals surface area contributed by atoms with Crippen molar-refractivity contribution < 1.29 is 8.91 Å². The molecule has 21 heavy (non-hydrogen) atoms. The van der Waals surface area contributed by atoms with Crippen LogP contribution in [0.15, 0.2) is 22.7 Å². The molecule has 2 heterocycles. The molecule has 3 rings (SSSR count). The van der Waals surface area contributed by atoms with Crippen LogP contribution in [0.2, 0.25) is 0 Å². The zero-order valence-electron chi connectivity index (χ0n) is 11.9. The fraction of sp³-hybridized carbons (Fsp3) is 0.357. The number of aromatic nitrogens is 4. The third-order valence-corrected chi connectivity index (χ3v) is 3.20. The molecular weight excluding hydrogens is 273 g/mol. The zero-order chi connectivity index (χ0) is 14.8. The molecule has 0 fully saturated rings. The quantitative estimate of drug-likeness (QED) is 0.778. The van der Waals surface area contributed by atoms with Gasteiger partial charge in [-0.2, -0.15) is 4.98 Å². The summed E-state index contributed by atoms with van der Waals surface area (Å²) in [4.78, 5) is 13.8. The second-order valence-electron chi connectivity index (χ2n) is 5.07. The van der Waals surface area contributed by atoms with Crippen LogP contribution in [0.25, 0.3) is 11.0 Å². The maximum atomic E-state index is 13.1. The number of hydrogen-bond donors (Lipinski definition) is 1. The summed E-state index contributed by atoms with van der Waals surface area (Å²) in [6, 6.07) is 4.54. The fourth-order valence-corrected chi connectivity index (χ4v) is 2.16. The molecule has 1 aromatic carbocycles. The van der Waals surface area contributed by atoms with E-state index in [4.69, 9.17) is 4.52 Å². The first-order valence-corrected chi connectivity index (χ1v) is 6.72. The van der Waals surface area contributed by atoms with E-state index in [1.165, 1.54) is 12.1 Å². The Bertz CT molecular complexity index is 751. The summed E-state index contributed by atoms with van der Waals surface area (Å²) in [5.41, 5.74) is 1.50. The van der Waals surface area contributed by atoms with Gasteiger partial charge in [0, 0.05) is 13.0 Å². The number of H-pyrrole nitrogens is 1. The molecule has 0 spiro atoms. The van der Waals surface area contributed by atoms with Gasteiger partial charge in [-0.05, 0) is 32.2 Å². The van der Waals surface area contributed by atoms with E-state index in [0.717, 1.165) is 29.8 Å². The van der Waals surface area contributed by atoms with Gasteiger partial charge in [0.15, 0.2) is 5.82 Å². The number of fused-ring (bicyclic) bond motifs is 1. The molecular formula is C14H16FN5O. The van der Waals surface area contributed by atoms with Crippen molar-refractivity contribution in [2.45, 2.75) is 19.9 Å². The van der Waals surface area contributed by atoms with Crippen molar-refractivity contribution in [2.24, 2.45) is 0 Å². The van der Waals surface area contributed by atoms with E-state index in [9.17, 15) is 4.39 Å². The molecule has 0 aliphatic carbocycles. The molecule has 0 bridgehead atoms. The van der Waals surface area contributed by atoms with Gasteiger partial charge in [0.2, 0.25) is 5.89 Å². The molecule has 0 saturated carbocycles. The number of likely N-dealkylation sites (N-methyl/N-ethyl adjacent to an activating group) is 1. The maximum absolute atomic E-state index is 13.1. The SMILES string of the molecule is Cc1noc(CN(C)CCc2nc3ccc(F)cc3[nH]2)n1. The summed E-state index contributed by atoms with van der Waals surface area (Å²) in [5.74, 6) is 1.81. The third kappa shape index (κ3) is 3.25. The number of rotatable bonds is 5. The van der Waals surface area contributed by atoms with Crippen LogP contribution >= 0.6 is 0 Å². The Balaban J connectivity index is 1.60. The Hall–Kier alpha value is -2.28. The van der Waals surface area contributed by atoms with Gasteiger partial charge in [-0.25, -0.2) is 9.37 Å². The summed E-state index contributed by atoms with van der Waals surface area (Å²) in [5, 5.41) is 3.76. The molecule has 0 amide bonds. The second kappa shape index (κ2) is 5.61. The number of halogens is 1. The topological polar surface area (TPSA) is 70.8 Å². The van der Waals surface area contributed by atoms with Crippen LogP contribution in [0, 0.1) is 12.7 Å². The van der Waals surface area contributed by atoms with Gasteiger partial charge in [0.1, 0.15) is 11.6 Å². The maximum Gasteiger partial charge on any atom is 0.240 e. The molecule has 0 atom stereocenters. The molecule has 6 nitrogen and oxygen atoms in total. The Kier molecular flexibility index (Phi) is 3.66. The van der Waals surface area contributed by atoms with Crippen LogP contribution in [0.3, 0.4) is 0 Å². The summed E-state index contributed by atoms with van der Waals surface area (Å²) in [6.07, 6.45) is 0.736. The van der Waals surface area contributed by atoms with Gasteiger partial charge in [-0.15, -0.1) is 0 Å². The molecule has 0 aliphatic heterocycles. The highest BCUT2D eigenvalue weighted by Gasteiger charge is 2.09. The summed E-state index contributed by atoms with van der Waals surface area (Å²) < 4.78 is 18.2. The van der Waals surface area contributed by atoms with Crippen LogP contribution in [0.4, 0.5) is 4.39 Å². The zero-order valence-corrected chi connectivity index (χ0v) is 11.9. The summed E-state index contributed by atoms with van der Waals surface area (Å²) in [7, 11) is 1.97. The molecule has 0 radical (unpaired) electrons. The first kappa shape index (κ1) is 13.7. The number of aromatic amines is 1. The van der Waals surface area contributed by atoms with Crippen molar-refractivity contribution in [1.82, 2.24) is 25.0 Å². The van der Waals surface area contributed by atoms with Gasteiger partial charge >= 0.3 is 0 Å². The number of hydrogen-bond acceptors (Lipinski definition) is 5. The summed E-state index contributed by atoms with van der Waals surface area (Å²) >= 11 is 0. The highest BCUT2D eigenvalue weighted by molar-refractivity contribution is 5.74. The third-order valence-electron chi connectivity index (χ3n) is 3.20. The van der Waals surface area contributed by atoms with Crippen LogP contribution in [0.5, 0.6) is 0 Å². The first-order valence-electron chi connectivity index (χ1n) is 6.72. The fourth-order valence-electron chi connectivity index (χ4n) is 2.16. The predicted molar refractivity (Wildman–Crippen MR) is 75.1 cm³/mol. The monoisotopic (exact) mass is 289 g/mol. The number of benzene rings is 1. The molecule has 0 aliphatic rings. The van der Waals surface area contributed by atoms with Crippen LogP contribution in [-0.2, 0) is 13.0 Å². The highest BCUT2D eigenvalue weighted by atomic mass is 19.1. The van der Waals surface area contributed by atoms with Crippen molar-refractivity contribution in [1.29, 1.82) is 0 Å². The van der Waals surface area contributed by atoms with E-state index < -0.39 is 0 Å². The lowest BCUT2D eigenvalue weighted by Crippen LogP contribution is -2.21. The van der Waals surface area contributed by atoms with E-state index in [1.807, 2.05) is 7.05 Å². The van der Waals surface area contributed by atoms with E-state index in [2.05, 4.69) is 25.0 Å². The van der Waals surface area contributed by atoms with Gasteiger partial charge in [-0.1, -0.05) is 5.16 Å². The van der Waals surface area contributed by atoms with Gasteiger partial charge in [0.05, 0.1) is 17.6 Å². The number of nitrogens with zero attached hydrogens (tertiary/aromatic N) is 4. The van der Waals surface area contributed by atoms with Crippen LogP contribution in [-0.4, -0.2) is 38.6 Å². The average molecular weight is 289 g/mol. The van der Waals surface area contributed by atoms with Crippen molar-refractivity contribution in [3.05, 3.63) is 41.6 Å². The number of imidazole rings is 1. The molecule has 7 heteroatoms. The normalized spacial score (nSPS) is 11.6. The van der Waals surface area contributed by atoms with Gasteiger partial charge < -0.3 is 9.51 Å². The Morgan fingerprint density at radius 1 is 1.33 bits per heavy atom. The molecule has 2 aromatic heterocycles. The van der Waals surface area contributed by atoms with E-state index in [-0.39, 0.29) is 5.82 Å². The smallest absolute Gasteiger partial charge is 0.240 e. The molecule has 3 aromatic rings. The Morgan fingerprint density at radius 2 is 2.19 bits per heavy atom. The number of aryl methyl sites for hydroxylation is 1. The van der Waals surface area contributed by atoms with Crippen molar-refractivity contribution in [2.75, 3.05) is 13.6 Å². The highest BCUT2D eigenvalue weighted by Crippen LogP contribution is 2.13. The Morgan fingerprint density at radius 3 is 2.95 bits per heavy atom. The average Bonchev–Trinajstić information content (AvgIpc) is 3.02. The number of nitrogens with one attached hydrogen (secondary N) is 1. The van der Waals surface area contributed by atoms with E-state index in [1.54, 1.807) is 13.0 Å². The molecule has 1 N–H and O–H groups in total. The predicted octanol–water partition coefficient (Wildman–Crippen LogP) is 2.07. The summed E-state index contributed by atoms with van der Waals surface area (Å²) in [6.45, 7) is 3.17. The van der Waals surface area contributed by atoms with E-state index >= 15 is 0 Å². The lowest BCUT2D eigenvalue weighted by Gasteiger charge is -2.12. The lowest BCUT2D eigenvalue weighted by atomic mass is 10.3. The van der Waals surface area contributed by atoms with Crippen LogP contribution in [0.1, 0.15) is 17.5 Å². The van der Waals surface area contributed by atoms with Crippen molar-refractivity contribution in [3.63, 3.8) is 0 Å². The van der Waals surface area contributed by atoms with E-state index in [0.29, 0.717) is 18.3 Å². The van der Waals surface area contributed by atoms with Crippen LogP contribution < -0.4 is 0 Å². The second-order valence-corrected chi connectivity index (χ2v) is 5.07. The minimum atomic E-state index is -0.262. The molecule has 0 unspecified atom stereocenters. The minimum absolute atomic E-state index is 0.262. The Labute approximate surface area is 121 Å².